The lowest BCUT2D eigenvalue weighted by Crippen LogP contribution is -2.42. The average molecular weight is 383 g/mol. The Bertz CT molecular complexity index is 1010. The van der Waals surface area contributed by atoms with Crippen molar-refractivity contribution in [2.24, 2.45) is 5.92 Å². The highest BCUT2D eigenvalue weighted by molar-refractivity contribution is 7.90. The Morgan fingerprint density at radius 3 is 2.67 bits per heavy atom. The van der Waals surface area contributed by atoms with E-state index in [9.17, 15) is 8.42 Å². The summed E-state index contributed by atoms with van der Waals surface area (Å²) in [5.74, 6) is 0.394. The molecule has 4 rings (SSSR count). The van der Waals surface area contributed by atoms with Gasteiger partial charge in [-0.15, -0.1) is 11.3 Å². The van der Waals surface area contributed by atoms with E-state index in [-0.39, 0.29) is 0 Å². The van der Waals surface area contributed by atoms with Crippen LogP contribution in [-0.4, -0.2) is 35.8 Å². The molecule has 0 bridgehead atoms. The molecule has 1 unspecified atom stereocenters. The zero-order chi connectivity index (χ0) is 16.9. The molecule has 6 nitrogen and oxygen atoms in total. The molecule has 3 heterocycles. The van der Waals surface area contributed by atoms with Gasteiger partial charge in [-0.2, -0.15) is 12.7 Å². The molecule has 0 aliphatic carbocycles. The first-order valence-electron chi connectivity index (χ1n) is 7.87. The predicted molar refractivity (Wildman–Crippen MR) is 100 cm³/mol. The van der Waals surface area contributed by atoms with Crippen LogP contribution in [0.1, 0.15) is 24.8 Å². The van der Waals surface area contributed by atoms with Crippen LogP contribution in [0.4, 0.5) is 5.13 Å². The second-order valence-corrected chi connectivity index (χ2v) is 10.1. The third kappa shape index (κ3) is 2.90. The molecular weight excluding hydrogens is 364 g/mol. The number of nitrogens with zero attached hydrogens (tertiary/aromatic N) is 3. The van der Waals surface area contributed by atoms with E-state index in [1.165, 1.54) is 15.6 Å². The van der Waals surface area contributed by atoms with Crippen LogP contribution >= 0.6 is 22.7 Å². The van der Waals surface area contributed by atoms with Gasteiger partial charge in [0, 0.05) is 13.1 Å². The number of aryl methyl sites for hydroxylation is 1. The first-order valence-corrected chi connectivity index (χ1v) is 10.9. The summed E-state index contributed by atoms with van der Waals surface area (Å²) < 4.78 is 31.5. The second kappa shape index (κ2) is 5.91. The number of hydrogen-bond donors (Lipinski definition) is 1. The van der Waals surface area contributed by atoms with Gasteiger partial charge in [-0.25, -0.2) is 14.7 Å². The molecule has 1 N–H and O–H groups in total. The third-order valence-electron chi connectivity index (χ3n) is 4.19. The highest BCUT2D eigenvalue weighted by atomic mass is 32.2. The largest absolute Gasteiger partial charge is 0.303 e. The Morgan fingerprint density at radius 1 is 1.21 bits per heavy atom. The average Bonchev–Trinajstić information content (AvgIpc) is 3.08. The molecule has 0 amide bonds. The van der Waals surface area contributed by atoms with Crippen molar-refractivity contribution in [1.29, 1.82) is 0 Å². The van der Waals surface area contributed by atoms with E-state index in [2.05, 4.69) is 21.6 Å². The van der Waals surface area contributed by atoms with Crippen molar-refractivity contribution in [1.82, 2.24) is 14.3 Å². The van der Waals surface area contributed by atoms with Gasteiger partial charge in [-0.05, 0) is 37.8 Å². The SMILES string of the molecule is Cc1nc2ccc3nc(NS(=O)(=O)N4CCCC(C)C4)sc3c2s1. The van der Waals surface area contributed by atoms with Crippen molar-refractivity contribution < 1.29 is 8.42 Å². The van der Waals surface area contributed by atoms with Gasteiger partial charge in [0.2, 0.25) is 0 Å². The van der Waals surface area contributed by atoms with Crippen LogP contribution < -0.4 is 4.72 Å². The minimum atomic E-state index is -3.55. The topological polar surface area (TPSA) is 75.2 Å². The molecule has 1 aliphatic heterocycles. The monoisotopic (exact) mass is 382 g/mol. The lowest BCUT2D eigenvalue weighted by Gasteiger charge is -2.29. The summed E-state index contributed by atoms with van der Waals surface area (Å²) >= 11 is 2.99. The van der Waals surface area contributed by atoms with E-state index in [1.54, 1.807) is 11.3 Å². The lowest BCUT2D eigenvalue weighted by atomic mass is 10.0. The highest BCUT2D eigenvalue weighted by Gasteiger charge is 2.28. The quantitative estimate of drug-likeness (QED) is 0.751. The zero-order valence-corrected chi connectivity index (χ0v) is 15.9. The Balaban J connectivity index is 1.68. The number of piperidine rings is 1. The number of thiazole rings is 2. The number of hydrogen-bond acceptors (Lipinski definition) is 6. The summed E-state index contributed by atoms with van der Waals surface area (Å²) in [7, 11) is -3.55. The van der Waals surface area contributed by atoms with Crippen molar-refractivity contribution in [2.45, 2.75) is 26.7 Å². The zero-order valence-electron chi connectivity index (χ0n) is 13.4. The van der Waals surface area contributed by atoms with Gasteiger partial charge in [0.05, 0.1) is 25.4 Å². The van der Waals surface area contributed by atoms with Crippen molar-refractivity contribution in [3.63, 3.8) is 0 Å². The van der Waals surface area contributed by atoms with E-state index >= 15 is 0 Å². The number of rotatable bonds is 3. The van der Waals surface area contributed by atoms with E-state index in [1.807, 2.05) is 19.1 Å². The number of benzene rings is 1. The molecular formula is C15H18N4O2S3. The van der Waals surface area contributed by atoms with Gasteiger partial charge in [-0.3, -0.25) is 0 Å². The van der Waals surface area contributed by atoms with Gasteiger partial charge >= 0.3 is 10.2 Å². The maximum Gasteiger partial charge on any atom is 0.303 e. The Kier molecular flexibility index (Phi) is 3.98. The summed E-state index contributed by atoms with van der Waals surface area (Å²) in [5, 5.41) is 1.41. The second-order valence-electron chi connectivity index (χ2n) is 6.23. The van der Waals surface area contributed by atoms with Gasteiger partial charge in [0.15, 0.2) is 5.13 Å². The first-order chi connectivity index (χ1) is 11.4. The van der Waals surface area contributed by atoms with Gasteiger partial charge < -0.3 is 0 Å². The van der Waals surface area contributed by atoms with Crippen LogP contribution in [0.15, 0.2) is 12.1 Å². The van der Waals surface area contributed by atoms with Crippen LogP contribution in [0.2, 0.25) is 0 Å². The predicted octanol–water partition coefficient (Wildman–Crippen LogP) is 3.60. The molecule has 0 radical (unpaired) electrons. The molecule has 1 aliphatic rings. The van der Waals surface area contributed by atoms with E-state index < -0.39 is 10.2 Å². The van der Waals surface area contributed by atoms with Crippen molar-refractivity contribution in [3.8, 4) is 0 Å². The van der Waals surface area contributed by atoms with Crippen LogP contribution in [0.5, 0.6) is 0 Å². The molecule has 1 atom stereocenters. The summed E-state index contributed by atoms with van der Waals surface area (Å²) in [4.78, 5) is 8.93. The lowest BCUT2D eigenvalue weighted by molar-refractivity contribution is 0.282. The number of nitrogens with one attached hydrogen (secondary N) is 1. The minimum absolute atomic E-state index is 0.394. The van der Waals surface area contributed by atoms with Crippen molar-refractivity contribution >= 4 is 58.4 Å². The fraction of sp³-hybridized carbons (Fsp3) is 0.467. The molecule has 1 fully saturated rings. The van der Waals surface area contributed by atoms with E-state index in [4.69, 9.17) is 0 Å². The maximum atomic E-state index is 12.6. The summed E-state index contributed by atoms with van der Waals surface area (Å²) in [6.45, 7) is 5.20. The van der Waals surface area contributed by atoms with Crippen LogP contribution in [0.25, 0.3) is 20.4 Å². The minimum Gasteiger partial charge on any atom is -0.246 e. The van der Waals surface area contributed by atoms with Crippen LogP contribution in [0.3, 0.4) is 0 Å². The fourth-order valence-corrected chi connectivity index (χ4v) is 6.62. The Hall–Kier alpha value is -1.29. The molecule has 0 spiro atoms. The molecule has 3 aromatic rings. The smallest absolute Gasteiger partial charge is 0.246 e. The summed E-state index contributed by atoms with van der Waals surface area (Å²) in [6, 6.07) is 3.83. The molecule has 1 aromatic carbocycles. The van der Waals surface area contributed by atoms with E-state index in [0.29, 0.717) is 24.1 Å². The molecule has 24 heavy (non-hydrogen) atoms. The standard InChI is InChI=1S/C15H18N4O2S3/c1-9-4-3-7-19(8-9)24(20,21)18-15-17-12-6-5-11-13(14(12)23-15)22-10(2)16-11/h5-6,9H,3-4,7-8H2,1-2H3,(H,17,18). The van der Waals surface area contributed by atoms with Crippen LogP contribution in [-0.2, 0) is 10.2 Å². The first kappa shape index (κ1) is 16.2. The highest BCUT2D eigenvalue weighted by Crippen LogP contribution is 2.36. The molecule has 9 heteroatoms. The van der Waals surface area contributed by atoms with Crippen molar-refractivity contribution in [3.05, 3.63) is 17.1 Å². The fourth-order valence-electron chi connectivity index (χ4n) is 3.07. The van der Waals surface area contributed by atoms with Gasteiger partial charge in [0.1, 0.15) is 0 Å². The van der Waals surface area contributed by atoms with Crippen LogP contribution in [0, 0.1) is 12.8 Å². The number of anilines is 1. The number of aromatic nitrogens is 2. The summed E-state index contributed by atoms with van der Waals surface area (Å²) in [6.07, 6.45) is 1.98. The third-order valence-corrected chi connectivity index (χ3v) is 7.92. The Morgan fingerprint density at radius 2 is 1.92 bits per heavy atom. The molecule has 1 saturated heterocycles. The summed E-state index contributed by atoms with van der Waals surface area (Å²) in [5.41, 5.74) is 1.74. The number of fused-ring (bicyclic) bond motifs is 3. The Labute approximate surface area is 148 Å². The van der Waals surface area contributed by atoms with Crippen molar-refractivity contribution in [2.75, 3.05) is 17.8 Å². The van der Waals surface area contributed by atoms with Gasteiger partial charge in [0.25, 0.3) is 0 Å². The molecule has 128 valence electrons. The molecule has 2 aromatic heterocycles. The van der Waals surface area contributed by atoms with E-state index in [0.717, 1.165) is 38.3 Å². The van der Waals surface area contributed by atoms with Gasteiger partial charge in [-0.1, -0.05) is 18.3 Å². The molecule has 0 saturated carbocycles. The normalized spacial score (nSPS) is 20.0. The maximum absolute atomic E-state index is 12.6.